The lowest BCUT2D eigenvalue weighted by molar-refractivity contribution is -0.122. The number of anilines is 1. The van der Waals surface area contributed by atoms with Crippen LogP contribution < -0.4 is 16.4 Å². The Bertz CT molecular complexity index is 716. The zero-order valence-electron chi connectivity index (χ0n) is 14.0. The van der Waals surface area contributed by atoms with Crippen LogP contribution in [0, 0.1) is 0 Å². The molecule has 6 nitrogen and oxygen atoms in total. The Kier molecular flexibility index (Phi) is 8.99. The summed E-state index contributed by atoms with van der Waals surface area (Å²) in [5.41, 5.74) is 6.25. The monoisotopic (exact) mass is 436 g/mol. The van der Waals surface area contributed by atoms with Crippen LogP contribution in [0.1, 0.15) is 41.0 Å². The van der Waals surface area contributed by atoms with E-state index in [0.717, 1.165) is 25.7 Å². The van der Waals surface area contributed by atoms with Crippen molar-refractivity contribution in [1.29, 1.82) is 0 Å². The Morgan fingerprint density at radius 3 is 2.58 bits per heavy atom. The Labute approximate surface area is 172 Å². The quantitative estimate of drug-likeness (QED) is 0.647. The molecular formula is C16H22Cl2N4O2S2. The number of aromatic nitrogens is 1. The summed E-state index contributed by atoms with van der Waals surface area (Å²) in [6, 6.07) is 3.59. The number of nitrogens with two attached hydrogens (primary N) is 1. The molecule has 0 saturated heterocycles. The highest BCUT2D eigenvalue weighted by molar-refractivity contribution is 7.14. The lowest BCUT2D eigenvalue weighted by Gasteiger charge is -2.28. The van der Waals surface area contributed by atoms with Crippen LogP contribution in [0.15, 0.2) is 22.9 Å². The highest BCUT2D eigenvalue weighted by Crippen LogP contribution is 2.28. The highest BCUT2D eigenvalue weighted by atomic mass is 35.5. The van der Waals surface area contributed by atoms with Gasteiger partial charge in [-0.1, -0.05) is 18.9 Å². The molecule has 1 aliphatic rings. The zero-order valence-corrected chi connectivity index (χ0v) is 17.3. The number of carbonyl (C=O) groups excluding carboxylic acids is 2. The lowest BCUT2D eigenvalue weighted by Crippen LogP contribution is -2.52. The van der Waals surface area contributed by atoms with Gasteiger partial charge in [-0.05, 0) is 24.3 Å². The summed E-state index contributed by atoms with van der Waals surface area (Å²) in [5, 5.41) is 9.99. The molecule has 0 bridgehead atoms. The smallest absolute Gasteiger partial charge is 0.267 e. The summed E-state index contributed by atoms with van der Waals surface area (Å²) in [6.45, 7) is 0.470. The summed E-state index contributed by atoms with van der Waals surface area (Å²) in [5.74, 6) is -0.243. The molecule has 0 radical (unpaired) electrons. The summed E-state index contributed by atoms with van der Waals surface area (Å²) in [4.78, 5) is 29.2. The van der Waals surface area contributed by atoms with Crippen LogP contribution in [0.4, 0.5) is 5.13 Å². The summed E-state index contributed by atoms with van der Waals surface area (Å²) >= 11 is 2.70. The standard InChI is InChI=1S/C16H20N4O2S2.2ClH/c17-10-16(5-1-2-6-16)20-13(21)8-11-9-24-15(18-11)19-14(22)12-4-3-7-23-12;;/h3-4,7,9H,1-2,5-6,8,10,17H2,(H,20,21)(H,18,19,22);2*1H. The second-order valence-corrected chi connectivity index (χ2v) is 7.80. The molecule has 0 aromatic carbocycles. The van der Waals surface area contributed by atoms with Gasteiger partial charge in [0.05, 0.1) is 22.5 Å². The van der Waals surface area contributed by atoms with Gasteiger partial charge >= 0.3 is 0 Å². The van der Waals surface area contributed by atoms with Gasteiger partial charge in [-0.2, -0.15) is 0 Å². The minimum atomic E-state index is -0.247. The molecule has 26 heavy (non-hydrogen) atoms. The molecule has 0 aliphatic heterocycles. The van der Waals surface area contributed by atoms with Gasteiger partial charge in [0.25, 0.3) is 5.91 Å². The fourth-order valence-corrected chi connectivity index (χ4v) is 4.27. The van der Waals surface area contributed by atoms with Gasteiger partial charge in [-0.25, -0.2) is 4.98 Å². The highest BCUT2D eigenvalue weighted by Gasteiger charge is 2.33. The molecule has 1 fully saturated rings. The number of thiophene rings is 1. The van der Waals surface area contributed by atoms with Crippen LogP contribution in [0.5, 0.6) is 0 Å². The number of carbonyl (C=O) groups is 2. The third-order valence-electron chi connectivity index (χ3n) is 4.21. The number of halogens is 2. The largest absolute Gasteiger partial charge is 0.349 e. The molecule has 0 atom stereocenters. The number of hydrogen-bond acceptors (Lipinski definition) is 6. The number of rotatable bonds is 6. The number of amides is 2. The van der Waals surface area contributed by atoms with E-state index < -0.39 is 0 Å². The lowest BCUT2D eigenvalue weighted by atomic mass is 9.97. The third kappa shape index (κ3) is 5.65. The number of nitrogens with zero attached hydrogens (tertiary/aromatic N) is 1. The van der Waals surface area contributed by atoms with Crippen molar-refractivity contribution in [2.45, 2.75) is 37.6 Å². The van der Waals surface area contributed by atoms with Crippen molar-refractivity contribution in [1.82, 2.24) is 10.3 Å². The van der Waals surface area contributed by atoms with Crippen LogP contribution in [-0.2, 0) is 11.2 Å². The summed E-state index contributed by atoms with van der Waals surface area (Å²) < 4.78 is 0. The second kappa shape index (κ2) is 10.2. The van der Waals surface area contributed by atoms with E-state index in [2.05, 4.69) is 15.6 Å². The fourth-order valence-electron chi connectivity index (χ4n) is 2.95. The van der Waals surface area contributed by atoms with Crippen molar-refractivity contribution in [3.8, 4) is 0 Å². The molecule has 3 rings (SSSR count). The number of nitrogens with one attached hydrogen (secondary N) is 2. The molecule has 1 saturated carbocycles. The summed E-state index contributed by atoms with van der Waals surface area (Å²) in [7, 11) is 0. The molecule has 2 heterocycles. The van der Waals surface area contributed by atoms with E-state index in [9.17, 15) is 9.59 Å². The molecule has 10 heteroatoms. The van der Waals surface area contributed by atoms with Gasteiger partial charge in [0.15, 0.2) is 5.13 Å². The Morgan fingerprint density at radius 1 is 1.23 bits per heavy atom. The predicted molar refractivity (Wildman–Crippen MR) is 111 cm³/mol. The molecule has 0 spiro atoms. The SMILES string of the molecule is Cl.Cl.NCC1(NC(=O)Cc2csc(NC(=O)c3cccs3)n2)CCCC1. The topological polar surface area (TPSA) is 97.1 Å². The number of thiazole rings is 1. The minimum Gasteiger partial charge on any atom is -0.349 e. The van der Waals surface area contributed by atoms with E-state index in [0.29, 0.717) is 22.2 Å². The molecular weight excluding hydrogens is 415 g/mol. The first kappa shape index (κ1) is 22.9. The van der Waals surface area contributed by atoms with Crippen molar-refractivity contribution in [2.75, 3.05) is 11.9 Å². The predicted octanol–water partition coefficient (Wildman–Crippen LogP) is 3.23. The molecule has 144 valence electrons. The van der Waals surface area contributed by atoms with E-state index in [1.165, 1.54) is 22.7 Å². The van der Waals surface area contributed by atoms with Crippen LogP contribution >= 0.6 is 47.5 Å². The van der Waals surface area contributed by atoms with E-state index in [4.69, 9.17) is 5.73 Å². The van der Waals surface area contributed by atoms with Crippen molar-refractivity contribution >= 4 is 64.4 Å². The van der Waals surface area contributed by atoms with Gasteiger partial charge < -0.3 is 11.1 Å². The minimum absolute atomic E-state index is 0. The van der Waals surface area contributed by atoms with Crippen LogP contribution in [-0.4, -0.2) is 28.9 Å². The fraction of sp³-hybridized carbons (Fsp3) is 0.438. The maximum atomic E-state index is 12.3. The maximum Gasteiger partial charge on any atom is 0.267 e. The van der Waals surface area contributed by atoms with Gasteiger partial charge in [0.2, 0.25) is 5.91 Å². The average Bonchev–Trinajstić information content (AvgIpc) is 3.29. The van der Waals surface area contributed by atoms with Gasteiger partial charge in [-0.3, -0.25) is 14.9 Å². The van der Waals surface area contributed by atoms with E-state index in [1.807, 2.05) is 11.4 Å². The third-order valence-corrected chi connectivity index (χ3v) is 5.89. The Hall–Kier alpha value is -1.19. The first-order valence-corrected chi connectivity index (χ1v) is 9.66. The van der Waals surface area contributed by atoms with Gasteiger partial charge in [0, 0.05) is 11.9 Å². The molecule has 0 unspecified atom stereocenters. The first-order valence-electron chi connectivity index (χ1n) is 7.91. The Balaban J connectivity index is 0.00000169. The van der Waals surface area contributed by atoms with Crippen LogP contribution in [0.2, 0.25) is 0 Å². The van der Waals surface area contributed by atoms with E-state index >= 15 is 0 Å². The number of hydrogen-bond donors (Lipinski definition) is 3. The van der Waals surface area contributed by atoms with Crippen LogP contribution in [0.25, 0.3) is 0 Å². The first-order chi connectivity index (χ1) is 11.6. The van der Waals surface area contributed by atoms with Gasteiger partial charge in [0.1, 0.15) is 0 Å². The van der Waals surface area contributed by atoms with Crippen molar-refractivity contribution < 1.29 is 9.59 Å². The average molecular weight is 437 g/mol. The van der Waals surface area contributed by atoms with Crippen molar-refractivity contribution in [3.05, 3.63) is 33.5 Å². The van der Waals surface area contributed by atoms with Crippen molar-refractivity contribution in [3.63, 3.8) is 0 Å². The van der Waals surface area contributed by atoms with Crippen molar-refractivity contribution in [2.24, 2.45) is 5.73 Å². The molecule has 2 amide bonds. The molecule has 2 aromatic heterocycles. The normalized spacial score (nSPS) is 14.8. The molecule has 1 aliphatic carbocycles. The zero-order chi connectivity index (χ0) is 17.0. The second-order valence-electron chi connectivity index (χ2n) is 5.99. The van der Waals surface area contributed by atoms with E-state index in [1.54, 1.807) is 11.4 Å². The maximum absolute atomic E-state index is 12.3. The van der Waals surface area contributed by atoms with Gasteiger partial charge in [-0.15, -0.1) is 47.5 Å². The molecule has 4 N–H and O–H groups in total. The van der Waals surface area contributed by atoms with Crippen LogP contribution in [0.3, 0.4) is 0 Å². The molecule has 2 aromatic rings. The summed E-state index contributed by atoms with van der Waals surface area (Å²) in [6.07, 6.45) is 4.29. The Morgan fingerprint density at radius 2 is 1.96 bits per heavy atom. The van der Waals surface area contributed by atoms with E-state index in [-0.39, 0.29) is 48.6 Å².